The van der Waals surface area contributed by atoms with Crippen LogP contribution in [0.15, 0.2) is 35.7 Å². The number of hydrogen-bond acceptors (Lipinski definition) is 6. The summed E-state index contributed by atoms with van der Waals surface area (Å²) in [5.41, 5.74) is 3.32. The quantitative estimate of drug-likeness (QED) is 0.243. The zero-order valence-electron chi connectivity index (χ0n) is 15.0. The van der Waals surface area contributed by atoms with Crippen molar-refractivity contribution in [3.8, 4) is 5.75 Å². The Hall–Kier alpha value is -2.78. The van der Waals surface area contributed by atoms with E-state index in [1.807, 2.05) is 24.4 Å². The molecule has 4 rings (SSSR count). The molecule has 3 heterocycles. The van der Waals surface area contributed by atoms with Crippen LogP contribution >= 0.6 is 23.4 Å². The lowest BCUT2D eigenvalue weighted by Gasteiger charge is -2.05. The summed E-state index contributed by atoms with van der Waals surface area (Å²) in [5.74, 6) is 0.961. The number of carbonyl (C=O) groups is 1. The van der Waals surface area contributed by atoms with Crippen LogP contribution in [-0.2, 0) is 11.2 Å². The zero-order chi connectivity index (χ0) is 19.5. The Bertz CT molecular complexity index is 1140. The van der Waals surface area contributed by atoms with Crippen LogP contribution in [0.4, 0.5) is 0 Å². The number of amides is 1. The highest BCUT2D eigenvalue weighted by atomic mass is 35.5. The Morgan fingerprint density at radius 1 is 1.32 bits per heavy atom. The number of H-pyrrole nitrogens is 2. The van der Waals surface area contributed by atoms with E-state index in [0.29, 0.717) is 22.7 Å². The second kappa shape index (κ2) is 8.07. The Morgan fingerprint density at radius 3 is 3.07 bits per heavy atom. The molecule has 0 aliphatic carbocycles. The molecule has 0 spiro atoms. The molecular formula is C18H17ClN6O2S. The van der Waals surface area contributed by atoms with Crippen LogP contribution < -0.4 is 10.1 Å². The molecule has 0 saturated heterocycles. The maximum Gasteiger partial charge on any atom is 0.230 e. The summed E-state index contributed by atoms with van der Waals surface area (Å²) in [4.78, 5) is 30.6. The van der Waals surface area contributed by atoms with Crippen molar-refractivity contribution in [3.05, 3.63) is 41.6 Å². The third-order valence-corrected chi connectivity index (χ3v) is 5.40. The number of carbonyl (C=O) groups excluding carboxylic acids is 1. The van der Waals surface area contributed by atoms with Gasteiger partial charge in [-0.3, -0.25) is 4.79 Å². The van der Waals surface area contributed by atoms with Gasteiger partial charge in [0.15, 0.2) is 5.65 Å². The number of fused-ring (bicyclic) bond motifs is 2. The van der Waals surface area contributed by atoms with Crippen LogP contribution in [0.3, 0.4) is 0 Å². The Morgan fingerprint density at radius 2 is 2.21 bits per heavy atom. The minimum absolute atomic E-state index is 0.0751. The summed E-state index contributed by atoms with van der Waals surface area (Å²) in [6.07, 6.45) is 4.21. The molecule has 0 unspecified atom stereocenters. The van der Waals surface area contributed by atoms with Crippen molar-refractivity contribution in [2.75, 3.05) is 19.4 Å². The van der Waals surface area contributed by atoms with Crippen molar-refractivity contribution in [1.82, 2.24) is 30.2 Å². The van der Waals surface area contributed by atoms with Gasteiger partial charge in [0, 0.05) is 29.7 Å². The highest BCUT2D eigenvalue weighted by molar-refractivity contribution is 8.00. The molecule has 3 N–H and O–H groups in total. The van der Waals surface area contributed by atoms with Crippen LogP contribution in [0, 0.1) is 0 Å². The highest BCUT2D eigenvalue weighted by Crippen LogP contribution is 2.25. The molecule has 28 heavy (non-hydrogen) atoms. The van der Waals surface area contributed by atoms with Gasteiger partial charge in [0.05, 0.1) is 19.2 Å². The third kappa shape index (κ3) is 3.90. The molecule has 1 aromatic carbocycles. The van der Waals surface area contributed by atoms with Gasteiger partial charge < -0.3 is 20.0 Å². The lowest BCUT2D eigenvalue weighted by Crippen LogP contribution is -2.27. The number of benzene rings is 1. The summed E-state index contributed by atoms with van der Waals surface area (Å²) in [6, 6.07) is 5.90. The van der Waals surface area contributed by atoms with E-state index in [0.717, 1.165) is 28.6 Å². The van der Waals surface area contributed by atoms with E-state index in [1.54, 1.807) is 7.11 Å². The molecule has 10 heteroatoms. The van der Waals surface area contributed by atoms with E-state index in [4.69, 9.17) is 16.3 Å². The Kier molecular flexibility index (Phi) is 5.36. The topological polar surface area (TPSA) is 109 Å². The monoisotopic (exact) mass is 416 g/mol. The maximum atomic E-state index is 12.2. The van der Waals surface area contributed by atoms with Crippen LogP contribution in [-0.4, -0.2) is 50.2 Å². The number of rotatable bonds is 7. The first-order chi connectivity index (χ1) is 13.6. The van der Waals surface area contributed by atoms with Crippen LogP contribution in [0.5, 0.6) is 5.75 Å². The van der Waals surface area contributed by atoms with Gasteiger partial charge in [-0.05, 0) is 35.7 Å². The number of hydrogen-bond donors (Lipinski definition) is 3. The van der Waals surface area contributed by atoms with E-state index in [1.165, 1.54) is 18.1 Å². The minimum atomic E-state index is -0.0751. The summed E-state index contributed by atoms with van der Waals surface area (Å²) >= 11 is 7.20. The molecule has 0 fully saturated rings. The molecule has 4 aromatic rings. The van der Waals surface area contributed by atoms with Gasteiger partial charge in [0.1, 0.15) is 16.3 Å². The number of methoxy groups -OCH3 is 1. The molecule has 144 valence electrons. The van der Waals surface area contributed by atoms with E-state index >= 15 is 0 Å². The van der Waals surface area contributed by atoms with Gasteiger partial charge >= 0.3 is 0 Å². The van der Waals surface area contributed by atoms with E-state index in [2.05, 4.69) is 30.2 Å². The van der Waals surface area contributed by atoms with Crippen molar-refractivity contribution in [1.29, 1.82) is 0 Å². The predicted octanol–water partition coefficient (Wildman–Crippen LogP) is 2.95. The number of ether oxygens (including phenoxy) is 1. The highest BCUT2D eigenvalue weighted by Gasteiger charge is 2.12. The smallest absolute Gasteiger partial charge is 0.230 e. The Labute approximate surface area is 169 Å². The molecule has 3 aromatic heterocycles. The van der Waals surface area contributed by atoms with Crippen molar-refractivity contribution < 1.29 is 9.53 Å². The number of thioether (sulfide) groups is 1. The van der Waals surface area contributed by atoms with Gasteiger partial charge in [-0.15, -0.1) is 0 Å². The number of aromatic nitrogens is 5. The number of aromatic amines is 2. The molecule has 0 aliphatic heterocycles. The average Bonchev–Trinajstić information content (AvgIpc) is 3.32. The van der Waals surface area contributed by atoms with Gasteiger partial charge in [0.2, 0.25) is 11.2 Å². The lowest BCUT2D eigenvalue weighted by molar-refractivity contribution is -0.118. The number of imidazole rings is 1. The fourth-order valence-corrected chi connectivity index (χ4v) is 3.94. The fourth-order valence-electron chi connectivity index (χ4n) is 2.91. The fraction of sp³-hybridized carbons (Fsp3) is 0.222. The van der Waals surface area contributed by atoms with Gasteiger partial charge in [0.25, 0.3) is 0 Å². The van der Waals surface area contributed by atoms with E-state index in [-0.39, 0.29) is 16.9 Å². The van der Waals surface area contributed by atoms with Crippen molar-refractivity contribution >= 4 is 51.3 Å². The predicted molar refractivity (Wildman–Crippen MR) is 109 cm³/mol. The molecule has 0 bridgehead atoms. The molecule has 0 atom stereocenters. The summed E-state index contributed by atoms with van der Waals surface area (Å²) in [6.45, 7) is 0.544. The molecule has 0 aliphatic rings. The zero-order valence-corrected chi connectivity index (χ0v) is 16.5. The number of halogens is 1. The standard InChI is InChI=1S/C18H17ClN6O2S/c1-27-11-2-3-12-10(7-21-13(12)6-11)4-5-20-14(26)8-28-17-15-16(23-9-22-15)24-18(19)25-17/h2-3,6-7,9,21H,4-5,8H2,1H3,(H,20,26)(H,22,23,24,25). The molecule has 1 amide bonds. The molecular weight excluding hydrogens is 400 g/mol. The first kappa shape index (κ1) is 18.6. The number of nitrogens with zero attached hydrogens (tertiary/aromatic N) is 3. The second-order valence-electron chi connectivity index (χ2n) is 6.01. The second-order valence-corrected chi connectivity index (χ2v) is 7.32. The molecule has 0 saturated carbocycles. The van der Waals surface area contributed by atoms with Gasteiger partial charge in [-0.2, -0.15) is 4.98 Å². The number of nitrogens with one attached hydrogen (secondary N) is 3. The van der Waals surface area contributed by atoms with Gasteiger partial charge in [-0.1, -0.05) is 11.8 Å². The Balaban J connectivity index is 1.32. The maximum absolute atomic E-state index is 12.2. The van der Waals surface area contributed by atoms with Crippen molar-refractivity contribution in [3.63, 3.8) is 0 Å². The minimum Gasteiger partial charge on any atom is -0.497 e. The van der Waals surface area contributed by atoms with E-state index in [9.17, 15) is 4.79 Å². The summed E-state index contributed by atoms with van der Waals surface area (Å²) in [7, 11) is 1.64. The largest absolute Gasteiger partial charge is 0.497 e. The van der Waals surface area contributed by atoms with Crippen molar-refractivity contribution in [2.24, 2.45) is 0 Å². The van der Waals surface area contributed by atoms with Crippen LogP contribution in [0.25, 0.3) is 22.1 Å². The van der Waals surface area contributed by atoms with E-state index < -0.39 is 0 Å². The summed E-state index contributed by atoms with van der Waals surface area (Å²) in [5, 5.41) is 4.78. The first-order valence-corrected chi connectivity index (χ1v) is 9.90. The molecule has 0 radical (unpaired) electrons. The first-order valence-electron chi connectivity index (χ1n) is 8.54. The third-order valence-electron chi connectivity index (χ3n) is 4.26. The average molecular weight is 417 g/mol. The van der Waals surface area contributed by atoms with Crippen LogP contribution in [0.1, 0.15) is 5.56 Å². The van der Waals surface area contributed by atoms with Crippen molar-refractivity contribution in [2.45, 2.75) is 11.4 Å². The van der Waals surface area contributed by atoms with Gasteiger partial charge in [-0.25, -0.2) is 9.97 Å². The SMILES string of the molecule is COc1ccc2c(CCNC(=O)CSc3nc(Cl)nc4nc[nH]c34)c[nH]c2c1. The van der Waals surface area contributed by atoms with Crippen LogP contribution in [0.2, 0.25) is 5.28 Å². The molecule has 8 nitrogen and oxygen atoms in total. The summed E-state index contributed by atoms with van der Waals surface area (Å²) < 4.78 is 5.23. The normalized spacial score (nSPS) is 11.2. The lowest BCUT2D eigenvalue weighted by atomic mass is 10.1.